The topological polar surface area (TPSA) is 123 Å². The number of carbonyl (C=O) groups excluding carboxylic acids is 2. The Morgan fingerprint density at radius 3 is 1.50 bits per heavy atom. The molecule has 4 N–H and O–H groups in total. The minimum absolute atomic E-state index is 0.0425. The second kappa shape index (κ2) is 11.0. The van der Waals surface area contributed by atoms with Crippen molar-refractivity contribution < 1.29 is 19.8 Å². The summed E-state index contributed by atoms with van der Waals surface area (Å²) in [5.41, 5.74) is 4.84. The second-order valence-electron chi connectivity index (χ2n) is 5.74. The maximum atomic E-state index is 11.8. The first kappa shape index (κ1) is 23.8. The minimum Gasteiger partial charge on any atom is -0.506 e. The van der Waals surface area contributed by atoms with Crippen LogP contribution in [0.15, 0.2) is 34.5 Å². The Morgan fingerprint density at radius 1 is 0.767 bits per heavy atom. The van der Waals surface area contributed by atoms with Crippen LogP contribution >= 0.6 is 46.4 Å². The molecule has 30 heavy (non-hydrogen) atoms. The average molecular weight is 492 g/mol. The molecule has 0 bridgehead atoms. The SMILES string of the molecule is O=C(CCC(=O)NN=Cc1cc(Cl)cc(Cl)c1O)NN=Cc1cc(Cl)cc(Cl)c1O. The highest BCUT2D eigenvalue weighted by atomic mass is 35.5. The van der Waals surface area contributed by atoms with E-state index in [1.165, 1.54) is 24.3 Å². The van der Waals surface area contributed by atoms with Crippen molar-refractivity contribution in [1.82, 2.24) is 10.9 Å². The third-order valence-corrected chi connectivity index (χ3v) is 4.49. The summed E-state index contributed by atoms with van der Waals surface area (Å²) in [7, 11) is 0. The number of halogens is 4. The number of carbonyl (C=O) groups is 2. The van der Waals surface area contributed by atoms with Gasteiger partial charge in [0.2, 0.25) is 11.8 Å². The predicted molar refractivity (Wildman–Crippen MR) is 117 cm³/mol. The van der Waals surface area contributed by atoms with Crippen molar-refractivity contribution in [2.24, 2.45) is 10.2 Å². The van der Waals surface area contributed by atoms with Gasteiger partial charge in [-0.05, 0) is 24.3 Å². The molecule has 0 saturated heterocycles. The molecule has 0 radical (unpaired) electrons. The van der Waals surface area contributed by atoms with E-state index >= 15 is 0 Å². The highest BCUT2D eigenvalue weighted by molar-refractivity contribution is 6.36. The lowest BCUT2D eigenvalue weighted by molar-refractivity contribution is -0.126. The fourth-order valence-electron chi connectivity index (χ4n) is 2.06. The normalized spacial score (nSPS) is 11.2. The minimum atomic E-state index is -0.544. The first-order valence-electron chi connectivity index (χ1n) is 8.17. The monoisotopic (exact) mass is 490 g/mol. The quantitative estimate of drug-likeness (QED) is 0.344. The molecule has 0 atom stereocenters. The van der Waals surface area contributed by atoms with Crippen LogP contribution in [0.4, 0.5) is 0 Å². The van der Waals surface area contributed by atoms with Crippen LogP contribution < -0.4 is 10.9 Å². The maximum absolute atomic E-state index is 11.8. The maximum Gasteiger partial charge on any atom is 0.240 e. The van der Waals surface area contributed by atoms with Crippen molar-refractivity contribution in [3.63, 3.8) is 0 Å². The summed E-state index contributed by atoms with van der Waals surface area (Å²) < 4.78 is 0. The van der Waals surface area contributed by atoms with Crippen molar-refractivity contribution in [2.45, 2.75) is 12.8 Å². The van der Waals surface area contributed by atoms with Gasteiger partial charge in [0.25, 0.3) is 0 Å². The van der Waals surface area contributed by atoms with E-state index in [-0.39, 0.29) is 55.6 Å². The van der Waals surface area contributed by atoms with Crippen molar-refractivity contribution >= 4 is 70.6 Å². The Morgan fingerprint density at radius 2 is 1.13 bits per heavy atom. The Kier molecular flexibility index (Phi) is 8.73. The van der Waals surface area contributed by atoms with Gasteiger partial charge in [0.05, 0.1) is 22.5 Å². The Hall–Kier alpha value is -2.52. The molecule has 2 aromatic carbocycles. The molecule has 0 spiro atoms. The number of hydrogen-bond donors (Lipinski definition) is 4. The first-order chi connectivity index (χ1) is 14.2. The van der Waals surface area contributed by atoms with E-state index in [4.69, 9.17) is 46.4 Å². The van der Waals surface area contributed by atoms with Crippen molar-refractivity contribution in [3.05, 3.63) is 55.5 Å². The van der Waals surface area contributed by atoms with E-state index in [1.54, 1.807) is 0 Å². The van der Waals surface area contributed by atoms with Crippen molar-refractivity contribution in [2.75, 3.05) is 0 Å². The summed E-state index contributed by atoms with van der Waals surface area (Å²) >= 11 is 23.2. The van der Waals surface area contributed by atoms with Crippen LogP contribution in [0.1, 0.15) is 24.0 Å². The molecule has 2 rings (SSSR count). The molecular formula is C18H14Cl4N4O4. The molecule has 8 nitrogen and oxygen atoms in total. The van der Waals surface area contributed by atoms with Crippen LogP contribution in [0.5, 0.6) is 11.5 Å². The Bertz CT molecular complexity index is 946. The van der Waals surface area contributed by atoms with E-state index in [9.17, 15) is 19.8 Å². The molecule has 0 unspecified atom stereocenters. The molecule has 0 aliphatic heterocycles. The van der Waals surface area contributed by atoms with Crippen LogP contribution in [0, 0.1) is 0 Å². The zero-order valence-electron chi connectivity index (χ0n) is 15.0. The Labute approximate surface area is 191 Å². The number of hydrogen-bond acceptors (Lipinski definition) is 6. The van der Waals surface area contributed by atoms with E-state index in [1.807, 2.05) is 0 Å². The summed E-state index contributed by atoms with van der Waals surface area (Å²) in [5.74, 6) is -1.55. The van der Waals surface area contributed by atoms with Gasteiger partial charge in [-0.1, -0.05) is 46.4 Å². The molecule has 2 aromatic rings. The lowest BCUT2D eigenvalue weighted by Crippen LogP contribution is -2.22. The third kappa shape index (κ3) is 7.07. The summed E-state index contributed by atoms with van der Waals surface area (Å²) in [4.78, 5) is 23.5. The van der Waals surface area contributed by atoms with Crippen molar-refractivity contribution in [1.29, 1.82) is 0 Å². The number of nitrogens with zero attached hydrogens (tertiary/aromatic N) is 2. The van der Waals surface area contributed by atoms with Gasteiger partial charge in [0.15, 0.2) is 0 Å². The molecule has 2 amide bonds. The molecule has 0 fully saturated rings. The fourth-order valence-corrected chi connectivity index (χ4v) is 3.07. The number of rotatable bonds is 7. The lowest BCUT2D eigenvalue weighted by atomic mass is 10.2. The average Bonchev–Trinajstić information content (AvgIpc) is 2.67. The number of phenols is 2. The van der Waals surface area contributed by atoms with Crippen molar-refractivity contribution in [3.8, 4) is 11.5 Å². The van der Waals surface area contributed by atoms with Crippen LogP contribution in [0.25, 0.3) is 0 Å². The number of benzene rings is 2. The molecule has 0 aromatic heterocycles. The number of phenolic OH excluding ortho intramolecular Hbond substituents is 2. The summed E-state index contributed by atoms with van der Waals surface area (Å²) in [5, 5.41) is 27.6. The standard InChI is InChI=1S/C18H14Cl4N4O4/c19-11-3-9(17(29)13(21)5-11)7-23-25-15(27)1-2-16(28)26-24-8-10-4-12(20)6-14(22)18(10)30/h3-8,29-30H,1-2H2,(H,25,27)(H,26,28). The fraction of sp³-hybridized carbons (Fsp3) is 0.111. The van der Waals surface area contributed by atoms with E-state index in [0.717, 1.165) is 12.4 Å². The van der Waals surface area contributed by atoms with Crippen LogP contribution in [-0.4, -0.2) is 34.5 Å². The number of aromatic hydroxyl groups is 2. The smallest absolute Gasteiger partial charge is 0.240 e. The first-order valence-corrected chi connectivity index (χ1v) is 9.68. The molecule has 158 valence electrons. The second-order valence-corrected chi connectivity index (χ2v) is 7.42. The predicted octanol–water partition coefficient (Wildman–Crippen LogP) is 4.09. The van der Waals surface area contributed by atoms with Gasteiger partial charge in [0.1, 0.15) is 11.5 Å². The molecule has 0 aliphatic rings. The molecule has 0 heterocycles. The van der Waals surface area contributed by atoms with Gasteiger partial charge in [-0.2, -0.15) is 10.2 Å². The summed E-state index contributed by atoms with van der Waals surface area (Å²) in [6.07, 6.45) is 1.99. The summed E-state index contributed by atoms with van der Waals surface area (Å²) in [6, 6.07) is 5.54. The van der Waals surface area contributed by atoms with E-state index in [0.29, 0.717) is 0 Å². The van der Waals surface area contributed by atoms with Crippen LogP contribution in [0.3, 0.4) is 0 Å². The van der Waals surface area contributed by atoms with E-state index < -0.39 is 11.8 Å². The van der Waals surface area contributed by atoms with E-state index in [2.05, 4.69) is 21.1 Å². The zero-order chi connectivity index (χ0) is 22.3. The van der Waals surface area contributed by atoms with Gasteiger partial charge < -0.3 is 10.2 Å². The number of nitrogens with one attached hydrogen (secondary N) is 2. The Balaban J connectivity index is 1.80. The number of amides is 2. The summed E-state index contributed by atoms with van der Waals surface area (Å²) in [6.45, 7) is 0. The molecular weight excluding hydrogens is 478 g/mol. The van der Waals surface area contributed by atoms with Gasteiger partial charge in [0, 0.05) is 34.0 Å². The molecule has 0 saturated carbocycles. The largest absolute Gasteiger partial charge is 0.506 e. The number of hydrazone groups is 2. The lowest BCUT2D eigenvalue weighted by Gasteiger charge is -2.03. The highest BCUT2D eigenvalue weighted by Crippen LogP contribution is 2.30. The van der Waals surface area contributed by atoms with Crippen LogP contribution in [-0.2, 0) is 9.59 Å². The molecule has 0 aliphatic carbocycles. The van der Waals surface area contributed by atoms with Gasteiger partial charge >= 0.3 is 0 Å². The van der Waals surface area contributed by atoms with Crippen LogP contribution in [0.2, 0.25) is 20.1 Å². The highest BCUT2D eigenvalue weighted by Gasteiger charge is 2.09. The third-order valence-electron chi connectivity index (χ3n) is 3.48. The zero-order valence-corrected chi connectivity index (χ0v) is 18.0. The van der Waals surface area contributed by atoms with Gasteiger partial charge in [-0.25, -0.2) is 10.9 Å². The van der Waals surface area contributed by atoms with Gasteiger partial charge in [-0.3, -0.25) is 9.59 Å². The van der Waals surface area contributed by atoms with Gasteiger partial charge in [-0.15, -0.1) is 0 Å². The molecule has 12 heteroatoms.